The molecule has 0 saturated carbocycles. The summed E-state index contributed by atoms with van der Waals surface area (Å²) < 4.78 is 10.1. The van der Waals surface area contributed by atoms with E-state index in [1.807, 2.05) is 36.1 Å². The minimum absolute atomic E-state index is 0.240. The summed E-state index contributed by atoms with van der Waals surface area (Å²) in [5.41, 5.74) is 2.28. The van der Waals surface area contributed by atoms with Crippen LogP contribution in [0.15, 0.2) is 30.5 Å². The van der Waals surface area contributed by atoms with Crippen LogP contribution in [0.25, 0.3) is 11.4 Å². The average Bonchev–Trinajstić information content (AvgIpc) is 2.73. The summed E-state index contributed by atoms with van der Waals surface area (Å²) in [6.07, 6.45) is 3.08. The van der Waals surface area contributed by atoms with Gasteiger partial charge in [0.2, 0.25) is 0 Å². The number of nitrogens with zero attached hydrogens (tertiary/aromatic N) is 3. The molecule has 1 aromatic carbocycles. The molecule has 0 radical (unpaired) electrons. The van der Waals surface area contributed by atoms with Crippen molar-refractivity contribution >= 4 is 17.8 Å². The predicted molar refractivity (Wildman–Crippen MR) is 105 cm³/mol. The van der Waals surface area contributed by atoms with Crippen molar-refractivity contribution in [3.8, 4) is 11.4 Å². The molecule has 1 atom stereocenters. The van der Waals surface area contributed by atoms with Crippen molar-refractivity contribution in [1.82, 2.24) is 9.97 Å². The number of aromatic nitrogens is 2. The number of piperidine rings is 1. The Kier molecular flexibility index (Phi) is 6.23. The highest BCUT2D eigenvalue weighted by Gasteiger charge is 2.30. The van der Waals surface area contributed by atoms with Crippen molar-refractivity contribution in [2.75, 3.05) is 31.7 Å². The van der Waals surface area contributed by atoms with E-state index < -0.39 is 5.97 Å². The molecule has 28 heavy (non-hydrogen) atoms. The Morgan fingerprint density at radius 2 is 2.14 bits per heavy atom. The lowest BCUT2D eigenvalue weighted by Gasteiger charge is -2.33. The maximum Gasteiger partial charge on any atom is 0.343 e. The third-order valence-corrected chi connectivity index (χ3v) is 4.80. The van der Waals surface area contributed by atoms with Crippen molar-refractivity contribution in [3.63, 3.8) is 0 Å². The number of hydrogen-bond acceptors (Lipinski definition) is 7. The van der Waals surface area contributed by atoms with Crippen LogP contribution in [0.1, 0.15) is 35.7 Å². The maximum atomic E-state index is 12.5. The van der Waals surface area contributed by atoms with E-state index in [2.05, 4.69) is 4.98 Å². The third-order valence-electron chi connectivity index (χ3n) is 4.80. The van der Waals surface area contributed by atoms with Crippen LogP contribution < -0.4 is 4.90 Å². The molecule has 7 nitrogen and oxygen atoms in total. The minimum atomic E-state index is -0.464. The maximum absolute atomic E-state index is 12.5. The molecular weight excluding hydrogens is 358 g/mol. The Hall–Kier alpha value is -2.96. The third kappa shape index (κ3) is 4.30. The second-order valence-corrected chi connectivity index (χ2v) is 6.83. The fourth-order valence-electron chi connectivity index (χ4n) is 3.42. The Balaban J connectivity index is 2.01. The van der Waals surface area contributed by atoms with Crippen LogP contribution in [-0.4, -0.2) is 48.7 Å². The molecule has 0 N–H and O–H groups in total. The van der Waals surface area contributed by atoms with E-state index in [1.54, 1.807) is 6.92 Å². The van der Waals surface area contributed by atoms with Gasteiger partial charge in [-0.15, -0.1) is 0 Å². The zero-order valence-corrected chi connectivity index (χ0v) is 16.5. The summed E-state index contributed by atoms with van der Waals surface area (Å²) >= 11 is 0. The van der Waals surface area contributed by atoms with Gasteiger partial charge in [0.15, 0.2) is 5.82 Å². The first kappa shape index (κ1) is 19.8. The van der Waals surface area contributed by atoms with E-state index in [9.17, 15) is 9.59 Å². The molecule has 1 aromatic heterocycles. The highest BCUT2D eigenvalue weighted by Crippen LogP contribution is 2.28. The highest BCUT2D eigenvalue weighted by atomic mass is 16.5. The van der Waals surface area contributed by atoms with Gasteiger partial charge < -0.3 is 14.4 Å². The van der Waals surface area contributed by atoms with Gasteiger partial charge in [0.25, 0.3) is 0 Å². The van der Waals surface area contributed by atoms with E-state index in [4.69, 9.17) is 14.5 Å². The summed E-state index contributed by atoms with van der Waals surface area (Å²) in [6.45, 7) is 5.17. The zero-order chi connectivity index (χ0) is 20.1. The molecule has 1 saturated heterocycles. The number of methoxy groups -OCH3 is 1. The number of carbonyl (C=O) groups is 2. The van der Waals surface area contributed by atoms with Crippen molar-refractivity contribution in [2.24, 2.45) is 5.92 Å². The molecular formula is C21H25N3O4. The lowest BCUT2D eigenvalue weighted by atomic mass is 9.98. The topological polar surface area (TPSA) is 81.6 Å². The van der Waals surface area contributed by atoms with Crippen molar-refractivity contribution in [3.05, 3.63) is 41.6 Å². The fraction of sp³-hybridized carbons (Fsp3) is 0.429. The van der Waals surface area contributed by atoms with E-state index in [-0.39, 0.29) is 18.5 Å². The summed E-state index contributed by atoms with van der Waals surface area (Å²) in [4.78, 5) is 35.5. The smallest absolute Gasteiger partial charge is 0.343 e. The van der Waals surface area contributed by atoms with Crippen LogP contribution in [0, 0.1) is 12.8 Å². The molecule has 0 amide bonds. The molecule has 148 valence electrons. The summed E-state index contributed by atoms with van der Waals surface area (Å²) in [5.74, 6) is 0.0838. The van der Waals surface area contributed by atoms with Gasteiger partial charge in [-0.25, -0.2) is 14.8 Å². The first-order chi connectivity index (χ1) is 13.5. The normalized spacial score (nSPS) is 16.5. The number of hydrogen-bond donors (Lipinski definition) is 0. The lowest BCUT2D eigenvalue weighted by Crippen LogP contribution is -2.40. The van der Waals surface area contributed by atoms with Gasteiger partial charge in [-0.05, 0) is 32.8 Å². The predicted octanol–water partition coefficient (Wildman–Crippen LogP) is 3.02. The van der Waals surface area contributed by atoms with Gasteiger partial charge in [0.05, 0.1) is 19.6 Å². The molecule has 3 rings (SSSR count). The average molecular weight is 383 g/mol. The molecule has 1 fully saturated rings. The van der Waals surface area contributed by atoms with Crippen molar-refractivity contribution < 1.29 is 19.1 Å². The summed E-state index contributed by atoms with van der Waals surface area (Å²) in [6, 6.07) is 7.88. The van der Waals surface area contributed by atoms with Gasteiger partial charge >= 0.3 is 11.9 Å². The van der Waals surface area contributed by atoms with E-state index >= 15 is 0 Å². The number of aryl methyl sites for hydroxylation is 1. The first-order valence-corrected chi connectivity index (χ1v) is 9.47. The van der Waals surface area contributed by atoms with Gasteiger partial charge in [-0.1, -0.05) is 23.8 Å². The minimum Gasteiger partial charge on any atom is -0.469 e. The van der Waals surface area contributed by atoms with Crippen LogP contribution in [-0.2, 0) is 14.3 Å². The quantitative estimate of drug-likeness (QED) is 0.734. The number of esters is 2. The fourth-order valence-corrected chi connectivity index (χ4v) is 3.42. The van der Waals surface area contributed by atoms with Gasteiger partial charge in [-0.3, -0.25) is 4.79 Å². The Bertz CT molecular complexity index is 868. The van der Waals surface area contributed by atoms with Crippen LogP contribution in [0.2, 0.25) is 0 Å². The van der Waals surface area contributed by atoms with Gasteiger partial charge in [0.1, 0.15) is 11.4 Å². The number of rotatable bonds is 5. The second kappa shape index (κ2) is 8.82. The Labute approximate surface area is 164 Å². The molecule has 0 bridgehead atoms. The van der Waals surface area contributed by atoms with E-state index in [1.165, 1.54) is 13.3 Å². The first-order valence-electron chi connectivity index (χ1n) is 9.47. The van der Waals surface area contributed by atoms with Gasteiger partial charge in [0, 0.05) is 24.8 Å². The van der Waals surface area contributed by atoms with E-state index in [0.717, 1.165) is 24.0 Å². The molecule has 0 aliphatic carbocycles. The lowest BCUT2D eigenvalue weighted by molar-refractivity contribution is -0.145. The molecule has 0 spiro atoms. The Morgan fingerprint density at radius 3 is 2.86 bits per heavy atom. The standard InChI is InChI=1S/C21H25N3O4/c1-4-28-21(26)17-12-22-18(15-8-5-7-14(2)11-15)23-19(17)24-10-6-9-16(13-24)20(25)27-3/h5,7-8,11-12,16H,4,6,9-10,13H2,1-3H3. The number of benzene rings is 1. The van der Waals surface area contributed by atoms with Crippen LogP contribution >= 0.6 is 0 Å². The zero-order valence-electron chi connectivity index (χ0n) is 16.5. The van der Waals surface area contributed by atoms with Crippen molar-refractivity contribution in [2.45, 2.75) is 26.7 Å². The van der Waals surface area contributed by atoms with Crippen molar-refractivity contribution in [1.29, 1.82) is 0 Å². The monoisotopic (exact) mass is 383 g/mol. The van der Waals surface area contributed by atoms with E-state index in [0.29, 0.717) is 30.3 Å². The number of carbonyl (C=O) groups excluding carboxylic acids is 2. The molecule has 1 aliphatic rings. The highest BCUT2D eigenvalue weighted by molar-refractivity contribution is 5.95. The number of anilines is 1. The summed E-state index contributed by atoms with van der Waals surface area (Å²) in [5, 5.41) is 0. The molecule has 2 aromatic rings. The second-order valence-electron chi connectivity index (χ2n) is 6.83. The van der Waals surface area contributed by atoms with Crippen LogP contribution in [0.5, 0.6) is 0 Å². The SMILES string of the molecule is CCOC(=O)c1cnc(-c2cccc(C)c2)nc1N1CCCC(C(=O)OC)C1. The molecule has 1 unspecified atom stereocenters. The largest absolute Gasteiger partial charge is 0.469 e. The molecule has 7 heteroatoms. The molecule has 1 aliphatic heterocycles. The van der Waals surface area contributed by atoms with Crippen LogP contribution in [0.4, 0.5) is 5.82 Å². The Morgan fingerprint density at radius 1 is 1.32 bits per heavy atom. The number of ether oxygens (including phenoxy) is 2. The summed E-state index contributed by atoms with van der Waals surface area (Å²) in [7, 11) is 1.39. The van der Waals surface area contributed by atoms with Crippen LogP contribution in [0.3, 0.4) is 0 Å². The van der Waals surface area contributed by atoms with Gasteiger partial charge in [-0.2, -0.15) is 0 Å². The molecule has 2 heterocycles.